The van der Waals surface area contributed by atoms with Crippen molar-refractivity contribution in [2.75, 3.05) is 6.61 Å². The van der Waals surface area contributed by atoms with Crippen molar-refractivity contribution in [3.8, 4) is 0 Å². The first-order chi connectivity index (χ1) is 8.22. The van der Waals surface area contributed by atoms with Crippen LogP contribution in [0.3, 0.4) is 0 Å². The van der Waals surface area contributed by atoms with Crippen molar-refractivity contribution in [2.45, 2.75) is 39.7 Å². The van der Waals surface area contributed by atoms with Crippen molar-refractivity contribution in [1.29, 1.82) is 0 Å². The Balaban J connectivity index is 2.42. The number of hydrogen-bond acceptors (Lipinski definition) is 5. The lowest BCUT2D eigenvalue weighted by atomic mass is 9.86. The maximum absolute atomic E-state index is 11.4. The topological polar surface area (TPSA) is 69.7 Å². The largest absolute Gasteiger partial charge is 0.461 e. The Morgan fingerprint density at radius 2 is 2.11 bits per heavy atom. The van der Waals surface area contributed by atoms with E-state index in [-0.39, 0.29) is 30.2 Å². The molecular weight excluding hydrogens is 236 g/mol. The lowest BCUT2D eigenvalue weighted by molar-refractivity contribution is -0.155. The van der Waals surface area contributed by atoms with E-state index < -0.39 is 12.1 Å². The van der Waals surface area contributed by atoms with Crippen LogP contribution in [0, 0.1) is 5.41 Å². The highest BCUT2D eigenvalue weighted by Crippen LogP contribution is 2.34. The molecule has 0 aromatic carbocycles. The minimum atomic E-state index is -0.623. The molecule has 1 heterocycles. The molecular formula is C13H18O5. The minimum Gasteiger partial charge on any atom is -0.461 e. The van der Waals surface area contributed by atoms with Gasteiger partial charge in [0.05, 0.1) is 6.42 Å². The molecule has 0 radical (unpaired) electrons. The molecule has 100 valence electrons. The number of ether oxygens (including phenoxy) is 2. The van der Waals surface area contributed by atoms with Gasteiger partial charge in [-0.25, -0.2) is 0 Å². The van der Waals surface area contributed by atoms with Gasteiger partial charge < -0.3 is 9.47 Å². The molecule has 0 saturated carbocycles. The molecule has 0 bridgehead atoms. The lowest BCUT2D eigenvalue weighted by Gasteiger charge is -2.23. The Morgan fingerprint density at radius 3 is 2.56 bits per heavy atom. The Hall–Kier alpha value is -1.65. The van der Waals surface area contributed by atoms with Crippen molar-refractivity contribution in [1.82, 2.24) is 0 Å². The summed E-state index contributed by atoms with van der Waals surface area (Å²) in [5.74, 6) is -1.26. The number of hydrogen-bond donors (Lipinski definition) is 0. The van der Waals surface area contributed by atoms with E-state index in [0.717, 1.165) is 0 Å². The molecule has 1 unspecified atom stereocenters. The first-order valence-corrected chi connectivity index (χ1v) is 5.76. The highest BCUT2D eigenvalue weighted by Gasteiger charge is 2.42. The van der Waals surface area contributed by atoms with Gasteiger partial charge in [-0.15, -0.1) is 0 Å². The van der Waals surface area contributed by atoms with Gasteiger partial charge in [0.25, 0.3) is 0 Å². The molecule has 1 aliphatic heterocycles. The average molecular weight is 254 g/mol. The highest BCUT2D eigenvalue weighted by molar-refractivity contribution is 6.04. The van der Waals surface area contributed by atoms with E-state index in [9.17, 15) is 14.4 Å². The molecule has 5 heteroatoms. The summed E-state index contributed by atoms with van der Waals surface area (Å²) in [5.41, 5.74) is -0.0324. The van der Waals surface area contributed by atoms with Crippen LogP contribution in [0.15, 0.2) is 12.2 Å². The summed E-state index contributed by atoms with van der Waals surface area (Å²) in [6, 6.07) is 0. The van der Waals surface area contributed by atoms with E-state index in [1.54, 1.807) is 0 Å². The first-order valence-electron chi connectivity index (χ1n) is 5.76. The van der Waals surface area contributed by atoms with Gasteiger partial charge in [-0.1, -0.05) is 20.4 Å². The highest BCUT2D eigenvalue weighted by atomic mass is 16.6. The number of carbonyl (C=O) groups excluding carboxylic acids is 3. The number of Topliss-reactive ketones (excluding diaryl/α,β-unsaturated/α-hetero) is 1. The summed E-state index contributed by atoms with van der Waals surface area (Å²) >= 11 is 0. The third kappa shape index (κ3) is 3.68. The van der Waals surface area contributed by atoms with Crippen LogP contribution in [0.2, 0.25) is 0 Å². The summed E-state index contributed by atoms with van der Waals surface area (Å²) in [6.07, 6.45) is -0.468. The number of allylic oxidation sites excluding steroid dienone is 1. The molecule has 0 spiro atoms. The number of carbonyl (C=O) groups is 3. The van der Waals surface area contributed by atoms with Gasteiger partial charge in [-0.2, -0.15) is 0 Å². The average Bonchev–Trinajstić information content (AvgIpc) is 2.48. The van der Waals surface area contributed by atoms with E-state index in [0.29, 0.717) is 12.0 Å². The van der Waals surface area contributed by atoms with Crippen molar-refractivity contribution in [3.63, 3.8) is 0 Å². The van der Waals surface area contributed by atoms with Crippen molar-refractivity contribution < 1.29 is 23.9 Å². The molecule has 1 saturated heterocycles. The van der Waals surface area contributed by atoms with Crippen LogP contribution in [0.4, 0.5) is 0 Å². The van der Waals surface area contributed by atoms with E-state index >= 15 is 0 Å². The molecule has 1 rings (SSSR count). The standard InChI is InChI=1S/C13H18O5/c1-8(2)9(14)5-11(15)17-7-10-13(3,4)6-12(16)18-10/h10H,1,5-7H2,2-4H3. The van der Waals surface area contributed by atoms with E-state index in [2.05, 4.69) is 6.58 Å². The van der Waals surface area contributed by atoms with E-state index in [4.69, 9.17) is 9.47 Å². The molecule has 18 heavy (non-hydrogen) atoms. The van der Waals surface area contributed by atoms with Gasteiger partial charge in [0.2, 0.25) is 0 Å². The second-order valence-corrected chi connectivity index (χ2v) is 5.21. The number of rotatable bonds is 5. The fourth-order valence-electron chi connectivity index (χ4n) is 1.61. The van der Waals surface area contributed by atoms with Gasteiger partial charge in [0, 0.05) is 5.41 Å². The molecule has 1 fully saturated rings. The number of cyclic esters (lactones) is 1. The minimum absolute atomic E-state index is 0.0129. The summed E-state index contributed by atoms with van der Waals surface area (Å²) in [7, 11) is 0. The fraction of sp³-hybridized carbons (Fsp3) is 0.615. The zero-order chi connectivity index (χ0) is 13.9. The second kappa shape index (κ2) is 5.33. The molecule has 0 aromatic rings. The normalized spacial score (nSPS) is 21.3. The van der Waals surface area contributed by atoms with Crippen LogP contribution >= 0.6 is 0 Å². The molecule has 1 atom stereocenters. The van der Waals surface area contributed by atoms with Crippen LogP contribution in [0.5, 0.6) is 0 Å². The third-order valence-electron chi connectivity index (χ3n) is 2.92. The lowest BCUT2D eigenvalue weighted by Crippen LogP contribution is -2.30. The zero-order valence-corrected chi connectivity index (χ0v) is 10.9. The van der Waals surface area contributed by atoms with Crippen molar-refractivity contribution in [2.24, 2.45) is 5.41 Å². The summed E-state index contributed by atoms with van der Waals surface area (Å²) in [6.45, 7) is 8.72. The van der Waals surface area contributed by atoms with E-state index in [1.807, 2.05) is 13.8 Å². The van der Waals surface area contributed by atoms with Crippen LogP contribution in [-0.4, -0.2) is 30.4 Å². The van der Waals surface area contributed by atoms with Crippen LogP contribution < -0.4 is 0 Å². The first kappa shape index (κ1) is 14.4. The SMILES string of the molecule is C=C(C)C(=O)CC(=O)OCC1OC(=O)CC1(C)C. The summed E-state index contributed by atoms with van der Waals surface area (Å²) < 4.78 is 10.0. The number of esters is 2. The van der Waals surface area contributed by atoms with Gasteiger partial charge >= 0.3 is 11.9 Å². The van der Waals surface area contributed by atoms with Gasteiger partial charge in [0.1, 0.15) is 19.1 Å². The molecule has 0 N–H and O–H groups in total. The van der Waals surface area contributed by atoms with E-state index in [1.165, 1.54) is 6.92 Å². The van der Waals surface area contributed by atoms with Crippen LogP contribution in [0.25, 0.3) is 0 Å². The summed E-state index contributed by atoms with van der Waals surface area (Å²) in [5, 5.41) is 0. The van der Waals surface area contributed by atoms with Crippen molar-refractivity contribution in [3.05, 3.63) is 12.2 Å². The predicted octanol–water partition coefficient (Wildman–Crippen LogP) is 1.41. The second-order valence-electron chi connectivity index (χ2n) is 5.21. The van der Waals surface area contributed by atoms with Crippen molar-refractivity contribution >= 4 is 17.7 Å². The monoisotopic (exact) mass is 254 g/mol. The summed E-state index contributed by atoms with van der Waals surface area (Å²) in [4.78, 5) is 33.8. The van der Waals surface area contributed by atoms with Crippen LogP contribution in [-0.2, 0) is 23.9 Å². The molecule has 1 aliphatic rings. The smallest absolute Gasteiger partial charge is 0.313 e. The Morgan fingerprint density at radius 1 is 1.50 bits per heavy atom. The van der Waals surface area contributed by atoms with Gasteiger partial charge in [0.15, 0.2) is 5.78 Å². The molecule has 5 nitrogen and oxygen atoms in total. The predicted molar refractivity (Wildman–Crippen MR) is 63.7 cm³/mol. The molecule has 0 amide bonds. The van der Waals surface area contributed by atoms with Gasteiger partial charge in [-0.3, -0.25) is 14.4 Å². The maximum Gasteiger partial charge on any atom is 0.313 e. The van der Waals surface area contributed by atoms with Gasteiger partial charge in [-0.05, 0) is 12.5 Å². The Kier molecular flexibility index (Phi) is 4.27. The molecule has 0 aliphatic carbocycles. The third-order valence-corrected chi connectivity index (χ3v) is 2.92. The number of ketones is 1. The quantitative estimate of drug-likeness (QED) is 0.421. The molecule has 0 aromatic heterocycles. The Bertz CT molecular complexity index is 394. The zero-order valence-electron chi connectivity index (χ0n) is 10.9. The fourth-order valence-corrected chi connectivity index (χ4v) is 1.61. The Labute approximate surface area is 106 Å². The maximum atomic E-state index is 11.4. The van der Waals surface area contributed by atoms with Crippen LogP contribution in [0.1, 0.15) is 33.6 Å².